The number of para-hydroxylation sites is 1. The minimum atomic E-state index is -0.265. The van der Waals surface area contributed by atoms with E-state index in [1.54, 1.807) is 7.05 Å². The van der Waals surface area contributed by atoms with Gasteiger partial charge in [0.2, 0.25) is 0 Å². The van der Waals surface area contributed by atoms with E-state index in [0.29, 0.717) is 0 Å². The molecule has 1 aromatic carbocycles. The highest BCUT2D eigenvalue weighted by molar-refractivity contribution is 5.74. The van der Waals surface area contributed by atoms with Crippen LogP contribution in [0.3, 0.4) is 0 Å². The Kier molecular flexibility index (Phi) is 2.95. The average Bonchev–Trinajstić information content (AvgIpc) is 2.16. The van der Waals surface area contributed by atoms with E-state index in [-0.39, 0.29) is 6.03 Å². The molecule has 12 heavy (non-hydrogen) atoms. The second-order valence-electron chi connectivity index (χ2n) is 2.20. The lowest BCUT2D eigenvalue weighted by Gasteiger charge is -2.06. The third-order valence-electron chi connectivity index (χ3n) is 1.32. The lowest BCUT2D eigenvalue weighted by molar-refractivity contribution is 0.245. The molecule has 0 unspecified atom stereocenters. The van der Waals surface area contributed by atoms with Crippen LogP contribution in [0.4, 0.5) is 10.5 Å². The molecule has 2 amide bonds. The Hall–Kier alpha value is -1.71. The van der Waals surface area contributed by atoms with Gasteiger partial charge in [0.25, 0.3) is 0 Å². The van der Waals surface area contributed by atoms with Gasteiger partial charge in [0.05, 0.1) is 5.69 Å². The molecule has 64 valence electrons. The first kappa shape index (κ1) is 8.39. The third-order valence-corrected chi connectivity index (χ3v) is 1.32. The molecule has 4 heteroatoms. The lowest BCUT2D eigenvalue weighted by Crippen LogP contribution is -2.36. The van der Waals surface area contributed by atoms with E-state index in [0.717, 1.165) is 5.69 Å². The molecule has 0 aliphatic carbocycles. The highest BCUT2D eigenvalue weighted by Crippen LogP contribution is 2.01. The highest BCUT2D eigenvalue weighted by atomic mass is 16.2. The molecule has 0 spiro atoms. The predicted molar refractivity (Wildman–Crippen MR) is 47.7 cm³/mol. The zero-order valence-corrected chi connectivity index (χ0v) is 6.79. The Morgan fingerprint density at radius 3 is 2.50 bits per heavy atom. The SMILES string of the molecule is CNC(=O)NNc1ccccc1. The van der Waals surface area contributed by atoms with Gasteiger partial charge in [-0.2, -0.15) is 0 Å². The smallest absolute Gasteiger partial charge is 0.333 e. The van der Waals surface area contributed by atoms with Crippen molar-refractivity contribution in [3.63, 3.8) is 0 Å². The first-order chi connectivity index (χ1) is 5.83. The first-order valence-electron chi connectivity index (χ1n) is 3.61. The standard InChI is InChI=1S/C8H11N3O/c1-9-8(12)11-10-7-5-3-2-4-6-7/h2-6,10H,1H3,(H2,9,11,12). The van der Waals surface area contributed by atoms with Crippen molar-refractivity contribution in [1.29, 1.82) is 0 Å². The topological polar surface area (TPSA) is 53.2 Å². The van der Waals surface area contributed by atoms with Gasteiger partial charge >= 0.3 is 6.03 Å². The lowest BCUT2D eigenvalue weighted by atomic mass is 10.3. The molecule has 0 saturated heterocycles. The van der Waals surface area contributed by atoms with Crippen LogP contribution < -0.4 is 16.2 Å². The fourth-order valence-electron chi connectivity index (χ4n) is 0.713. The van der Waals surface area contributed by atoms with Gasteiger partial charge in [0, 0.05) is 7.05 Å². The van der Waals surface area contributed by atoms with Crippen LogP contribution in [0.2, 0.25) is 0 Å². The largest absolute Gasteiger partial charge is 0.340 e. The first-order valence-corrected chi connectivity index (χ1v) is 3.61. The number of nitrogens with one attached hydrogen (secondary N) is 3. The normalized spacial score (nSPS) is 8.75. The quantitative estimate of drug-likeness (QED) is 0.571. The summed E-state index contributed by atoms with van der Waals surface area (Å²) >= 11 is 0. The molecule has 1 aromatic rings. The third kappa shape index (κ3) is 2.49. The van der Waals surface area contributed by atoms with Gasteiger partial charge < -0.3 is 5.32 Å². The number of urea groups is 1. The van der Waals surface area contributed by atoms with E-state index in [1.165, 1.54) is 0 Å². The molecule has 0 heterocycles. The summed E-state index contributed by atoms with van der Waals surface area (Å²) in [6.07, 6.45) is 0. The maximum atomic E-state index is 10.7. The Labute approximate surface area is 70.9 Å². The Morgan fingerprint density at radius 2 is 1.92 bits per heavy atom. The average molecular weight is 165 g/mol. The minimum Gasteiger partial charge on any atom is -0.340 e. The minimum absolute atomic E-state index is 0.265. The van der Waals surface area contributed by atoms with Crippen molar-refractivity contribution in [2.45, 2.75) is 0 Å². The molecular weight excluding hydrogens is 154 g/mol. The summed E-state index contributed by atoms with van der Waals surface area (Å²) in [6.45, 7) is 0. The molecule has 0 aliphatic heterocycles. The van der Waals surface area contributed by atoms with Crippen LogP contribution in [0.5, 0.6) is 0 Å². The molecular formula is C8H11N3O. The number of amides is 2. The number of hydrogen-bond donors (Lipinski definition) is 3. The number of carbonyl (C=O) groups excluding carboxylic acids is 1. The zero-order valence-electron chi connectivity index (χ0n) is 6.79. The van der Waals surface area contributed by atoms with E-state index in [4.69, 9.17) is 0 Å². The predicted octanol–water partition coefficient (Wildman–Crippen LogP) is 0.942. The van der Waals surface area contributed by atoms with Crippen LogP contribution in [-0.4, -0.2) is 13.1 Å². The molecule has 0 bridgehead atoms. The zero-order chi connectivity index (χ0) is 8.81. The highest BCUT2D eigenvalue weighted by Gasteiger charge is 1.92. The van der Waals surface area contributed by atoms with Gasteiger partial charge in [0.1, 0.15) is 0 Å². The molecule has 0 aromatic heterocycles. The molecule has 0 saturated carbocycles. The van der Waals surface area contributed by atoms with Crippen molar-refractivity contribution < 1.29 is 4.79 Å². The number of anilines is 1. The molecule has 4 nitrogen and oxygen atoms in total. The van der Waals surface area contributed by atoms with E-state index < -0.39 is 0 Å². The van der Waals surface area contributed by atoms with Gasteiger partial charge in [-0.05, 0) is 12.1 Å². The van der Waals surface area contributed by atoms with Crippen LogP contribution >= 0.6 is 0 Å². The number of benzene rings is 1. The molecule has 3 N–H and O–H groups in total. The van der Waals surface area contributed by atoms with Crippen LogP contribution in [-0.2, 0) is 0 Å². The van der Waals surface area contributed by atoms with Crippen molar-refractivity contribution in [3.05, 3.63) is 30.3 Å². The number of hydrogen-bond acceptors (Lipinski definition) is 2. The Bertz CT molecular complexity index is 248. The Morgan fingerprint density at radius 1 is 1.25 bits per heavy atom. The second kappa shape index (κ2) is 4.23. The van der Waals surface area contributed by atoms with Crippen LogP contribution in [0.25, 0.3) is 0 Å². The van der Waals surface area contributed by atoms with Crippen LogP contribution in [0.1, 0.15) is 0 Å². The number of carbonyl (C=O) groups is 1. The van der Waals surface area contributed by atoms with Gasteiger partial charge in [-0.25, -0.2) is 4.79 Å². The number of hydrazine groups is 1. The van der Waals surface area contributed by atoms with Crippen molar-refractivity contribution in [3.8, 4) is 0 Å². The molecule has 0 radical (unpaired) electrons. The maximum absolute atomic E-state index is 10.7. The summed E-state index contributed by atoms with van der Waals surface area (Å²) in [5.41, 5.74) is 6.03. The van der Waals surface area contributed by atoms with Crippen molar-refractivity contribution >= 4 is 11.7 Å². The van der Waals surface area contributed by atoms with Crippen molar-refractivity contribution in [1.82, 2.24) is 10.7 Å². The van der Waals surface area contributed by atoms with Gasteiger partial charge in [-0.15, -0.1) is 0 Å². The summed E-state index contributed by atoms with van der Waals surface area (Å²) in [6, 6.07) is 9.12. The summed E-state index contributed by atoms with van der Waals surface area (Å²) in [5.74, 6) is 0. The molecule has 0 fully saturated rings. The molecule has 0 aliphatic rings. The van der Waals surface area contributed by atoms with E-state index in [2.05, 4.69) is 16.2 Å². The Balaban J connectivity index is 2.38. The summed E-state index contributed by atoms with van der Waals surface area (Å²) in [4.78, 5) is 10.7. The van der Waals surface area contributed by atoms with Gasteiger partial charge in [-0.3, -0.25) is 10.9 Å². The fraction of sp³-hybridized carbons (Fsp3) is 0.125. The maximum Gasteiger partial charge on any atom is 0.333 e. The fourth-order valence-corrected chi connectivity index (χ4v) is 0.713. The summed E-state index contributed by atoms with van der Waals surface area (Å²) in [7, 11) is 1.56. The van der Waals surface area contributed by atoms with Gasteiger partial charge in [-0.1, -0.05) is 18.2 Å². The summed E-state index contributed by atoms with van der Waals surface area (Å²) < 4.78 is 0. The van der Waals surface area contributed by atoms with Crippen molar-refractivity contribution in [2.75, 3.05) is 12.5 Å². The van der Waals surface area contributed by atoms with E-state index in [1.807, 2.05) is 30.3 Å². The van der Waals surface area contributed by atoms with Crippen LogP contribution in [0.15, 0.2) is 30.3 Å². The van der Waals surface area contributed by atoms with Crippen LogP contribution in [0, 0.1) is 0 Å². The van der Waals surface area contributed by atoms with Crippen molar-refractivity contribution in [2.24, 2.45) is 0 Å². The van der Waals surface area contributed by atoms with Gasteiger partial charge in [0.15, 0.2) is 0 Å². The van der Waals surface area contributed by atoms with E-state index >= 15 is 0 Å². The number of rotatable bonds is 2. The monoisotopic (exact) mass is 165 g/mol. The molecule has 1 rings (SSSR count). The summed E-state index contributed by atoms with van der Waals surface area (Å²) in [5, 5.41) is 2.42. The second-order valence-corrected chi connectivity index (χ2v) is 2.20. The van der Waals surface area contributed by atoms with E-state index in [9.17, 15) is 4.79 Å². The molecule has 0 atom stereocenters.